The standard InChI is InChI=1S/C15H24O3/c1-10-12-8-11(15(3,18)9-16)4-6-14(12,2)7-5-13(10)17/h5,7,10-12,16,18H,4,6,8-9H2,1-3H3/t10-,11+,12-,14-,15?/m0/s1. The van der Waals surface area contributed by atoms with Gasteiger partial charge in [0.15, 0.2) is 5.78 Å². The van der Waals surface area contributed by atoms with E-state index >= 15 is 0 Å². The van der Waals surface area contributed by atoms with Crippen LogP contribution in [0.5, 0.6) is 0 Å². The van der Waals surface area contributed by atoms with Gasteiger partial charge in [0.2, 0.25) is 0 Å². The number of carbonyl (C=O) groups is 1. The summed E-state index contributed by atoms with van der Waals surface area (Å²) in [7, 11) is 0. The summed E-state index contributed by atoms with van der Waals surface area (Å²) >= 11 is 0. The van der Waals surface area contributed by atoms with Gasteiger partial charge in [-0.3, -0.25) is 4.79 Å². The lowest BCUT2D eigenvalue weighted by molar-refractivity contribution is -0.126. The maximum atomic E-state index is 11.8. The summed E-state index contributed by atoms with van der Waals surface area (Å²) < 4.78 is 0. The van der Waals surface area contributed by atoms with Crippen LogP contribution >= 0.6 is 0 Å². The Morgan fingerprint density at radius 1 is 1.56 bits per heavy atom. The van der Waals surface area contributed by atoms with Gasteiger partial charge in [-0.05, 0) is 49.5 Å². The molecule has 18 heavy (non-hydrogen) atoms. The first-order valence-corrected chi connectivity index (χ1v) is 6.86. The number of hydrogen-bond acceptors (Lipinski definition) is 3. The van der Waals surface area contributed by atoms with Gasteiger partial charge in [0, 0.05) is 5.92 Å². The number of fused-ring (bicyclic) bond motifs is 1. The molecule has 3 heteroatoms. The van der Waals surface area contributed by atoms with Gasteiger partial charge in [0.05, 0.1) is 12.2 Å². The maximum Gasteiger partial charge on any atom is 0.158 e. The van der Waals surface area contributed by atoms with Crippen LogP contribution in [0.3, 0.4) is 0 Å². The third-order valence-corrected chi connectivity index (χ3v) is 5.30. The molecular formula is C15H24O3. The highest BCUT2D eigenvalue weighted by molar-refractivity contribution is 5.92. The zero-order valence-electron chi connectivity index (χ0n) is 11.5. The molecular weight excluding hydrogens is 228 g/mol. The van der Waals surface area contributed by atoms with Crippen LogP contribution < -0.4 is 0 Å². The van der Waals surface area contributed by atoms with Crippen molar-refractivity contribution in [2.75, 3.05) is 6.61 Å². The highest BCUT2D eigenvalue weighted by Crippen LogP contribution is 2.52. The van der Waals surface area contributed by atoms with Gasteiger partial charge in [-0.25, -0.2) is 0 Å². The van der Waals surface area contributed by atoms with E-state index in [1.165, 1.54) is 0 Å². The third-order valence-electron chi connectivity index (χ3n) is 5.30. The number of aliphatic hydroxyl groups is 2. The van der Waals surface area contributed by atoms with Crippen molar-refractivity contribution < 1.29 is 15.0 Å². The second-order valence-corrected chi connectivity index (χ2v) is 6.62. The summed E-state index contributed by atoms with van der Waals surface area (Å²) in [6.45, 7) is 5.69. The summed E-state index contributed by atoms with van der Waals surface area (Å²) in [6, 6.07) is 0. The second-order valence-electron chi connectivity index (χ2n) is 6.62. The average Bonchev–Trinajstić information content (AvgIpc) is 2.34. The van der Waals surface area contributed by atoms with Crippen LogP contribution in [0.25, 0.3) is 0 Å². The lowest BCUT2D eigenvalue weighted by Crippen LogP contribution is -2.48. The molecule has 0 saturated heterocycles. The van der Waals surface area contributed by atoms with Gasteiger partial charge in [-0.1, -0.05) is 19.9 Å². The third kappa shape index (κ3) is 2.14. The molecule has 3 nitrogen and oxygen atoms in total. The molecule has 0 radical (unpaired) electrons. The van der Waals surface area contributed by atoms with E-state index < -0.39 is 5.60 Å². The van der Waals surface area contributed by atoms with E-state index in [9.17, 15) is 15.0 Å². The number of rotatable bonds is 2. The number of aliphatic hydroxyl groups excluding tert-OH is 1. The van der Waals surface area contributed by atoms with Crippen molar-refractivity contribution in [2.45, 2.75) is 45.6 Å². The molecule has 0 heterocycles. The minimum absolute atomic E-state index is 0.0253. The van der Waals surface area contributed by atoms with E-state index in [0.717, 1.165) is 19.3 Å². The second kappa shape index (κ2) is 4.46. The van der Waals surface area contributed by atoms with Crippen molar-refractivity contribution in [3.63, 3.8) is 0 Å². The lowest BCUT2D eigenvalue weighted by Gasteiger charge is -2.49. The Bertz CT molecular complexity index is 372. The molecule has 2 aliphatic carbocycles. The normalized spacial score (nSPS) is 43.4. The highest BCUT2D eigenvalue weighted by atomic mass is 16.3. The number of hydrogen-bond donors (Lipinski definition) is 2. The van der Waals surface area contributed by atoms with Crippen LogP contribution in [0.4, 0.5) is 0 Å². The Kier molecular flexibility index (Phi) is 3.41. The molecule has 0 amide bonds. The lowest BCUT2D eigenvalue weighted by atomic mass is 9.55. The fourth-order valence-electron chi connectivity index (χ4n) is 3.66. The minimum Gasteiger partial charge on any atom is -0.393 e. The number of ketones is 1. The molecule has 0 bridgehead atoms. The fraction of sp³-hybridized carbons (Fsp3) is 0.800. The maximum absolute atomic E-state index is 11.8. The van der Waals surface area contributed by atoms with Gasteiger partial charge in [-0.15, -0.1) is 0 Å². The van der Waals surface area contributed by atoms with E-state index in [4.69, 9.17) is 0 Å². The summed E-state index contributed by atoms with van der Waals surface area (Å²) in [5.74, 6) is 0.591. The molecule has 5 atom stereocenters. The molecule has 0 aromatic heterocycles. The molecule has 0 aromatic rings. The van der Waals surface area contributed by atoms with E-state index in [1.54, 1.807) is 13.0 Å². The van der Waals surface area contributed by atoms with E-state index in [1.807, 2.05) is 6.92 Å². The Hall–Kier alpha value is -0.670. The summed E-state index contributed by atoms with van der Waals surface area (Å²) in [5, 5.41) is 19.5. The summed E-state index contributed by atoms with van der Waals surface area (Å²) in [4.78, 5) is 11.8. The Balaban J connectivity index is 2.22. The van der Waals surface area contributed by atoms with Crippen LogP contribution in [-0.2, 0) is 4.79 Å². The van der Waals surface area contributed by atoms with E-state index in [-0.39, 0.29) is 35.6 Å². The monoisotopic (exact) mass is 252 g/mol. The minimum atomic E-state index is -1.02. The van der Waals surface area contributed by atoms with Crippen LogP contribution in [0, 0.1) is 23.2 Å². The highest BCUT2D eigenvalue weighted by Gasteiger charge is 2.48. The van der Waals surface area contributed by atoms with Gasteiger partial charge in [-0.2, -0.15) is 0 Å². The molecule has 0 aromatic carbocycles. The molecule has 0 aliphatic heterocycles. The van der Waals surface area contributed by atoms with Crippen LogP contribution in [-0.4, -0.2) is 28.2 Å². The van der Waals surface area contributed by atoms with Gasteiger partial charge in [0.1, 0.15) is 0 Å². The van der Waals surface area contributed by atoms with Crippen LogP contribution in [0.1, 0.15) is 40.0 Å². The van der Waals surface area contributed by atoms with E-state index in [0.29, 0.717) is 0 Å². The fourth-order valence-corrected chi connectivity index (χ4v) is 3.66. The Morgan fingerprint density at radius 2 is 2.22 bits per heavy atom. The predicted octanol–water partition coefficient (Wildman–Crippen LogP) is 1.93. The molecule has 2 aliphatic rings. The topological polar surface area (TPSA) is 57.5 Å². The van der Waals surface area contributed by atoms with E-state index in [2.05, 4.69) is 13.0 Å². The first kappa shape index (κ1) is 13.8. The van der Waals surface area contributed by atoms with Crippen molar-refractivity contribution in [3.05, 3.63) is 12.2 Å². The first-order chi connectivity index (χ1) is 8.30. The van der Waals surface area contributed by atoms with Gasteiger partial charge in [0.25, 0.3) is 0 Å². The molecule has 1 fully saturated rings. The number of allylic oxidation sites excluding steroid dienone is 2. The molecule has 2 rings (SSSR count). The quantitative estimate of drug-likeness (QED) is 0.789. The Labute approximate surface area is 109 Å². The Morgan fingerprint density at radius 3 is 2.83 bits per heavy atom. The zero-order chi connectivity index (χ0) is 13.6. The number of carbonyl (C=O) groups excluding carboxylic acids is 1. The molecule has 2 N–H and O–H groups in total. The smallest absolute Gasteiger partial charge is 0.158 e. The largest absolute Gasteiger partial charge is 0.393 e. The van der Waals surface area contributed by atoms with Crippen LogP contribution in [0.2, 0.25) is 0 Å². The van der Waals surface area contributed by atoms with Crippen molar-refractivity contribution in [1.82, 2.24) is 0 Å². The van der Waals surface area contributed by atoms with Crippen molar-refractivity contribution >= 4 is 5.78 Å². The van der Waals surface area contributed by atoms with Gasteiger partial charge >= 0.3 is 0 Å². The van der Waals surface area contributed by atoms with Crippen molar-refractivity contribution in [1.29, 1.82) is 0 Å². The summed E-state index contributed by atoms with van der Waals surface area (Å²) in [5.41, 5.74) is -0.944. The molecule has 0 spiro atoms. The molecule has 1 saturated carbocycles. The predicted molar refractivity (Wildman–Crippen MR) is 70.0 cm³/mol. The molecule has 102 valence electrons. The van der Waals surface area contributed by atoms with Crippen molar-refractivity contribution in [2.24, 2.45) is 23.2 Å². The molecule has 1 unspecified atom stereocenters. The summed E-state index contributed by atoms with van der Waals surface area (Å²) in [6.07, 6.45) is 6.50. The first-order valence-electron chi connectivity index (χ1n) is 6.86. The van der Waals surface area contributed by atoms with Gasteiger partial charge < -0.3 is 10.2 Å². The SMILES string of the molecule is C[C@@H]1C(=O)C=C[C@]2(C)CC[C@@H](C(C)(O)CO)C[C@@H]12. The average molecular weight is 252 g/mol. The zero-order valence-corrected chi connectivity index (χ0v) is 11.5. The van der Waals surface area contributed by atoms with Crippen molar-refractivity contribution in [3.8, 4) is 0 Å². The van der Waals surface area contributed by atoms with Crippen LogP contribution in [0.15, 0.2) is 12.2 Å².